The number of nitrogens with one attached hydrogen (secondary N) is 1. The molecule has 4 nitrogen and oxygen atoms in total. The summed E-state index contributed by atoms with van der Waals surface area (Å²) in [5.41, 5.74) is 2.39. The Balaban J connectivity index is 1.64. The number of amides is 1. The van der Waals surface area contributed by atoms with Crippen molar-refractivity contribution in [1.82, 2.24) is 10.2 Å². The SMILES string of the molecule is CN1CCN(c2ccc(CC3CCCN3)cc2)C(=O)C1. The molecule has 1 atom stereocenters. The van der Waals surface area contributed by atoms with Gasteiger partial charge in [0.15, 0.2) is 0 Å². The minimum absolute atomic E-state index is 0.198. The zero-order chi connectivity index (χ0) is 13.9. The molecule has 0 saturated carbocycles. The Morgan fingerprint density at radius 3 is 2.70 bits per heavy atom. The Morgan fingerprint density at radius 1 is 1.25 bits per heavy atom. The van der Waals surface area contributed by atoms with Crippen LogP contribution in [-0.2, 0) is 11.2 Å². The number of benzene rings is 1. The van der Waals surface area contributed by atoms with Crippen LogP contribution in [0.4, 0.5) is 5.69 Å². The van der Waals surface area contributed by atoms with E-state index >= 15 is 0 Å². The largest absolute Gasteiger partial charge is 0.314 e. The third-order valence-electron chi connectivity index (χ3n) is 4.30. The summed E-state index contributed by atoms with van der Waals surface area (Å²) in [6.45, 7) is 3.41. The molecular weight excluding hydrogens is 250 g/mol. The van der Waals surface area contributed by atoms with Crippen LogP contribution in [-0.4, -0.2) is 50.1 Å². The minimum Gasteiger partial charge on any atom is -0.314 e. The summed E-state index contributed by atoms with van der Waals surface area (Å²) in [5, 5.41) is 3.52. The van der Waals surface area contributed by atoms with Gasteiger partial charge < -0.3 is 10.2 Å². The fourth-order valence-electron chi connectivity index (χ4n) is 3.09. The van der Waals surface area contributed by atoms with Crippen LogP contribution in [0.3, 0.4) is 0 Å². The molecule has 0 bridgehead atoms. The highest BCUT2D eigenvalue weighted by Crippen LogP contribution is 2.19. The van der Waals surface area contributed by atoms with Crippen molar-refractivity contribution in [1.29, 1.82) is 0 Å². The van der Waals surface area contributed by atoms with E-state index < -0.39 is 0 Å². The molecule has 108 valence electrons. The van der Waals surface area contributed by atoms with E-state index in [4.69, 9.17) is 0 Å². The number of hydrogen-bond acceptors (Lipinski definition) is 3. The summed E-state index contributed by atoms with van der Waals surface area (Å²) in [5.74, 6) is 0.198. The van der Waals surface area contributed by atoms with Crippen molar-refractivity contribution in [2.45, 2.75) is 25.3 Å². The molecule has 2 aliphatic heterocycles. The number of likely N-dealkylation sites (N-methyl/N-ethyl adjacent to an activating group) is 1. The molecule has 20 heavy (non-hydrogen) atoms. The smallest absolute Gasteiger partial charge is 0.241 e. The number of carbonyl (C=O) groups excluding carboxylic acids is 1. The van der Waals surface area contributed by atoms with E-state index in [0.29, 0.717) is 12.6 Å². The van der Waals surface area contributed by atoms with Gasteiger partial charge in [-0.15, -0.1) is 0 Å². The van der Waals surface area contributed by atoms with E-state index in [0.717, 1.165) is 31.7 Å². The Hall–Kier alpha value is -1.39. The Labute approximate surface area is 120 Å². The van der Waals surface area contributed by atoms with Gasteiger partial charge in [0.25, 0.3) is 0 Å². The maximum Gasteiger partial charge on any atom is 0.241 e. The third-order valence-corrected chi connectivity index (χ3v) is 4.30. The number of carbonyl (C=O) groups is 1. The van der Waals surface area contributed by atoms with Gasteiger partial charge in [-0.1, -0.05) is 12.1 Å². The van der Waals surface area contributed by atoms with E-state index in [1.807, 2.05) is 11.9 Å². The van der Waals surface area contributed by atoms with Crippen LogP contribution >= 0.6 is 0 Å². The number of piperazine rings is 1. The van der Waals surface area contributed by atoms with Gasteiger partial charge in [0.05, 0.1) is 6.54 Å². The molecule has 0 aromatic heterocycles. The summed E-state index contributed by atoms with van der Waals surface area (Å²) in [6.07, 6.45) is 3.66. The van der Waals surface area contributed by atoms with Crippen molar-refractivity contribution in [2.24, 2.45) is 0 Å². The van der Waals surface area contributed by atoms with Crippen LogP contribution in [0.15, 0.2) is 24.3 Å². The first kappa shape index (κ1) is 13.6. The molecule has 2 fully saturated rings. The van der Waals surface area contributed by atoms with Crippen molar-refractivity contribution >= 4 is 11.6 Å². The van der Waals surface area contributed by atoms with Gasteiger partial charge in [-0.3, -0.25) is 9.69 Å². The number of rotatable bonds is 3. The summed E-state index contributed by atoms with van der Waals surface area (Å²) >= 11 is 0. The number of anilines is 1. The maximum atomic E-state index is 12.0. The molecule has 1 N–H and O–H groups in total. The number of nitrogens with zero attached hydrogens (tertiary/aromatic N) is 2. The van der Waals surface area contributed by atoms with Gasteiger partial charge in [-0.25, -0.2) is 0 Å². The molecule has 2 saturated heterocycles. The second-order valence-electron chi connectivity index (χ2n) is 5.95. The Morgan fingerprint density at radius 2 is 2.05 bits per heavy atom. The van der Waals surface area contributed by atoms with Gasteiger partial charge in [-0.05, 0) is 50.6 Å². The molecule has 3 rings (SSSR count). The predicted octanol–water partition coefficient (Wildman–Crippen LogP) is 1.26. The van der Waals surface area contributed by atoms with Crippen molar-refractivity contribution < 1.29 is 4.79 Å². The molecule has 2 heterocycles. The van der Waals surface area contributed by atoms with Crippen LogP contribution < -0.4 is 10.2 Å². The van der Waals surface area contributed by atoms with E-state index in [2.05, 4.69) is 34.5 Å². The average Bonchev–Trinajstić information content (AvgIpc) is 2.93. The van der Waals surface area contributed by atoms with Gasteiger partial charge in [0, 0.05) is 24.8 Å². The third kappa shape index (κ3) is 3.02. The lowest BCUT2D eigenvalue weighted by atomic mass is 10.0. The second kappa shape index (κ2) is 5.94. The van der Waals surface area contributed by atoms with Crippen molar-refractivity contribution in [3.63, 3.8) is 0 Å². The lowest BCUT2D eigenvalue weighted by Gasteiger charge is -2.32. The molecule has 0 aliphatic carbocycles. The average molecular weight is 273 g/mol. The van der Waals surface area contributed by atoms with Crippen LogP contribution in [0.25, 0.3) is 0 Å². The van der Waals surface area contributed by atoms with Crippen LogP contribution in [0.1, 0.15) is 18.4 Å². The molecule has 2 aliphatic rings. The lowest BCUT2D eigenvalue weighted by Crippen LogP contribution is -2.48. The summed E-state index contributed by atoms with van der Waals surface area (Å²) in [6, 6.07) is 9.15. The quantitative estimate of drug-likeness (QED) is 0.900. The Kier molecular flexibility index (Phi) is 4.03. The first-order valence-electron chi connectivity index (χ1n) is 7.53. The number of hydrogen-bond donors (Lipinski definition) is 1. The van der Waals surface area contributed by atoms with Gasteiger partial charge >= 0.3 is 0 Å². The van der Waals surface area contributed by atoms with Crippen LogP contribution in [0.2, 0.25) is 0 Å². The highest BCUT2D eigenvalue weighted by atomic mass is 16.2. The zero-order valence-electron chi connectivity index (χ0n) is 12.1. The molecule has 0 radical (unpaired) electrons. The molecule has 1 amide bonds. The fourth-order valence-corrected chi connectivity index (χ4v) is 3.09. The summed E-state index contributed by atoms with van der Waals surface area (Å²) in [4.78, 5) is 16.0. The normalized spacial score (nSPS) is 24.4. The molecule has 0 spiro atoms. The highest BCUT2D eigenvalue weighted by molar-refractivity contribution is 5.95. The van der Waals surface area contributed by atoms with Gasteiger partial charge in [0.2, 0.25) is 5.91 Å². The Bertz CT molecular complexity index is 465. The molecule has 1 unspecified atom stereocenters. The van der Waals surface area contributed by atoms with Gasteiger partial charge in [0.1, 0.15) is 0 Å². The lowest BCUT2D eigenvalue weighted by molar-refractivity contribution is -0.120. The van der Waals surface area contributed by atoms with E-state index in [9.17, 15) is 4.79 Å². The second-order valence-corrected chi connectivity index (χ2v) is 5.95. The van der Waals surface area contributed by atoms with Crippen molar-refractivity contribution in [3.8, 4) is 0 Å². The first-order valence-corrected chi connectivity index (χ1v) is 7.53. The summed E-state index contributed by atoms with van der Waals surface area (Å²) in [7, 11) is 1.99. The topological polar surface area (TPSA) is 35.6 Å². The minimum atomic E-state index is 0.198. The summed E-state index contributed by atoms with van der Waals surface area (Å²) < 4.78 is 0. The van der Waals surface area contributed by atoms with E-state index in [1.54, 1.807) is 0 Å². The molecular formula is C16H23N3O. The predicted molar refractivity (Wildman–Crippen MR) is 81.0 cm³/mol. The van der Waals surface area contributed by atoms with Gasteiger partial charge in [-0.2, -0.15) is 0 Å². The van der Waals surface area contributed by atoms with Crippen LogP contribution in [0, 0.1) is 0 Å². The fraction of sp³-hybridized carbons (Fsp3) is 0.562. The van der Waals surface area contributed by atoms with Crippen LogP contribution in [0.5, 0.6) is 0 Å². The highest BCUT2D eigenvalue weighted by Gasteiger charge is 2.22. The molecule has 1 aromatic rings. The van der Waals surface area contributed by atoms with Crippen molar-refractivity contribution in [2.75, 3.05) is 38.1 Å². The molecule has 1 aromatic carbocycles. The van der Waals surface area contributed by atoms with Crippen molar-refractivity contribution in [3.05, 3.63) is 29.8 Å². The molecule has 4 heteroatoms. The maximum absolute atomic E-state index is 12.0. The van der Waals surface area contributed by atoms with E-state index in [-0.39, 0.29) is 5.91 Å². The van der Waals surface area contributed by atoms with E-state index in [1.165, 1.54) is 18.4 Å². The first-order chi connectivity index (χ1) is 9.72. The standard InChI is InChI=1S/C16H23N3O/c1-18-9-10-19(16(20)12-18)15-6-4-13(5-7-15)11-14-3-2-8-17-14/h4-7,14,17H,2-3,8-12H2,1H3. The monoisotopic (exact) mass is 273 g/mol. The zero-order valence-corrected chi connectivity index (χ0v) is 12.1.